The minimum absolute atomic E-state index is 0.0874. The van der Waals surface area contributed by atoms with Crippen LogP contribution in [-0.4, -0.2) is 24.4 Å². The van der Waals surface area contributed by atoms with Crippen LogP contribution in [0.15, 0.2) is 65.3 Å². The highest BCUT2D eigenvalue weighted by atomic mass is 79.9. The molecule has 27 heavy (non-hydrogen) atoms. The molecule has 4 rings (SSSR count). The number of imidazole rings is 1. The number of nitrogens with two attached hydrogens (primary N) is 2. The van der Waals surface area contributed by atoms with Gasteiger partial charge >= 0.3 is 0 Å². The van der Waals surface area contributed by atoms with E-state index in [1.165, 1.54) is 10.9 Å². The Bertz CT molecular complexity index is 1150. The van der Waals surface area contributed by atoms with Crippen molar-refractivity contribution < 1.29 is 5.11 Å². The molecular formula is C19H17BrN6O. The number of aliphatic hydroxyl groups excluding tert-OH is 1. The van der Waals surface area contributed by atoms with Gasteiger partial charge in [0.05, 0.1) is 21.7 Å². The largest absolute Gasteiger partial charge is 0.492 e. The third kappa shape index (κ3) is 3.04. The van der Waals surface area contributed by atoms with E-state index >= 15 is 0 Å². The lowest BCUT2D eigenvalue weighted by Crippen LogP contribution is -2.14. The highest BCUT2D eigenvalue weighted by Crippen LogP contribution is 2.26. The van der Waals surface area contributed by atoms with Gasteiger partial charge in [-0.1, -0.05) is 42.5 Å². The fourth-order valence-corrected chi connectivity index (χ4v) is 3.19. The molecular weight excluding hydrogens is 408 g/mol. The van der Waals surface area contributed by atoms with Crippen LogP contribution in [0.2, 0.25) is 0 Å². The van der Waals surface area contributed by atoms with Crippen LogP contribution in [0.4, 0.5) is 5.82 Å². The van der Waals surface area contributed by atoms with Gasteiger partial charge in [0, 0.05) is 6.54 Å². The SMILES string of the molecule is N/C(=C(/O)n1ncc(Br)c1N)c1nc2ccccc2n1Cc1ccccc1. The molecule has 0 saturated carbocycles. The number of rotatable bonds is 4. The second-order valence-corrected chi connectivity index (χ2v) is 6.88. The second kappa shape index (κ2) is 6.81. The smallest absolute Gasteiger partial charge is 0.241 e. The molecule has 2 aromatic carbocycles. The molecule has 0 saturated heterocycles. The van der Waals surface area contributed by atoms with E-state index in [1.807, 2.05) is 59.2 Å². The van der Waals surface area contributed by atoms with E-state index in [1.54, 1.807) is 0 Å². The summed E-state index contributed by atoms with van der Waals surface area (Å²) < 4.78 is 3.70. The molecule has 5 N–H and O–H groups in total. The molecule has 0 atom stereocenters. The van der Waals surface area contributed by atoms with Gasteiger partial charge in [-0.25, -0.2) is 4.98 Å². The summed E-state index contributed by atoms with van der Waals surface area (Å²) in [6, 6.07) is 17.7. The fourth-order valence-electron chi connectivity index (χ4n) is 2.93. The van der Waals surface area contributed by atoms with Crippen molar-refractivity contribution in [1.82, 2.24) is 19.3 Å². The third-order valence-electron chi connectivity index (χ3n) is 4.28. The molecule has 0 aliphatic rings. The molecule has 0 spiro atoms. The predicted octanol–water partition coefficient (Wildman–Crippen LogP) is 3.43. The molecule has 0 radical (unpaired) electrons. The topological polar surface area (TPSA) is 108 Å². The predicted molar refractivity (Wildman–Crippen MR) is 110 cm³/mol. The number of aromatic nitrogens is 4. The summed E-state index contributed by atoms with van der Waals surface area (Å²) >= 11 is 3.27. The van der Waals surface area contributed by atoms with Gasteiger partial charge in [-0.2, -0.15) is 9.78 Å². The van der Waals surface area contributed by atoms with Gasteiger partial charge in [0.25, 0.3) is 0 Å². The number of fused-ring (bicyclic) bond motifs is 1. The molecule has 2 heterocycles. The fraction of sp³-hybridized carbons (Fsp3) is 0.0526. The maximum Gasteiger partial charge on any atom is 0.241 e. The number of aliphatic hydroxyl groups is 1. The Morgan fingerprint density at radius 3 is 2.48 bits per heavy atom. The maximum absolute atomic E-state index is 10.7. The zero-order chi connectivity index (χ0) is 19.0. The molecule has 7 nitrogen and oxygen atoms in total. The molecule has 0 amide bonds. The number of nitrogen functional groups attached to an aromatic ring is 1. The van der Waals surface area contributed by atoms with Gasteiger partial charge in [0.15, 0.2) is 5.82 Å². The number of halogens is 1. The number of para-hydroxylation sites is 2. The van der Waals surface area contributed by atoms with Crippen LogP contribution in [0.1, 0.15) is 11.4 Å². The number of benzene rings is 2. The zero-order valence-corrected chi connectivity index (χ0v) is 15.8. The average Bonchev–Trinajstić information content (AvgIpc) is 3.22. The molecule has 0 fully saturated rings. The molecule has 136 valence electrons. The molecule has 0 aliphatic carbocycles. The lowest BCUT2D eigenvalue weighted by Gasteiger charge is -2.11. The van der Waals surface area contributed by atoms with Gasteiger partial charge in [-0.3, -0.25) is 0 Å². The minimum atomic E-state index is -0.275. The molecule has 0 bridgehead atoms. The summed E-state index contributed by atoms with van der Waals surface area (Å²) in [6.45, 7) is 0.558. The summed E-state index contributed by atoms with van der Waals surface area (Å²) in [5.41, 5.74) is 15.1. The van der Waals surface area contributed by atoms with Gasteiger partial charge in [0.1, 0.15) is 11.5 Å². The normalized spacial score (nSPS) is 12.3. The lowest BCUT2D eigenvalue weighted by atomic mass is 10.2. The van der Waals surface area contributed by atoms with Crippen LogP contribution in [0, 0.1) is 0 Å². The zero-order valence-electron chi connectivity index (χ0n) is 14.2. The van der Waals surface area contributed by atoms with Gasteiger partial charge in [0.2, 0.25) is 5.88 Å². The number of anilines is 1. The molecule has 0 aliphatic heterocycles. The second-order valence-electron chi connectivity index (χ2n) is 6.02. The van der Waals surface area contributed by atoms with E-state index in [9.17, 15) is 5.11 Å². The number of nitrogens with zero attached hydrogens (tertiary/aromatic N) is 4. The first-order valence-electron chi connectivity index (χ1n) is 8.24. The lowest BCUT2D eigenvalue weighted by molar-refractivity contribution is 0.460. The van der Waals surface area contributed by atoms with E-state index in [0.717, 1.165) is 16.6 Å². The molecule has 2 aromatic heterocycles. The number of hydrogen-bond donors (Lipinski definition) is 3. The van der Waals surface area contributed by atoms with Crippen LogP contribution in [-0.2, 0) is 6.54 Å². The standard InChI is InChI=1S/C19H17BrN6O/c20-13-10-23-26(17(13)22)19(27)16(21)18-24-14-8-4-5-9-15(14)25(18)11-12-6-2-1-3-7-12/h1-10,27H,11,21-22H2/b19-16+. The summed E-state index contributed by atoms with van der Waals surface area (Å²) in [6.07, 6.45) is 1.49. The van der Waals surface area contributed by atoms with Crippen molar-refractivity contribution in [2.45, 2.75) is 6.54 Å². The summed E-state index contributed by atoms with van der Waals surface area (Å²) in [4.78, 5) is 4.62. The van der Waals surface area contributed by atoms with Crippen molar-refractivity contribution >= 4 is 44.4 Å². The Balaban J connectivity index is 1.89. The molecule has 4 aromatic rings. The van der Waals surface area contributed by atoms with Crippen LogP contribution in [0.5, 0.6) is 0 Å². The van der Waals surface area contributed by atoms with Gasteiger partial charge in [-0.15, -0.1) is 0 Å². The van der Waals surface area contributed by atoms with E-state index < -0.39 is 0 Å². The number of hydrogen-bond acceptors (Lipinski definition) is 5. The Labute approximate surface area is 163 Å². The summed E-state index contributed by atoms with van der Waals surface area (Å²) in [7, 11) is 0. The van der Waals surface area contributed by atoms with Crippen molar-refractivity contribution in [3.8, 4) is 0 Å². The van der Waals surface area contributed by atoms with Crippen molar-refractivity contribution in [2.75, 3.05) is 5.73 Å². The van der Waals surface area contributed by atoms with E-state index in [-0.39, 0.29) is 17.4 Å². The summed E-state index contributed by atoms with van der Waals surface area (Å²) in [5, 5.41) is 14.7. The van der Waals surface area contributed by atoms with Crippen molar-refractivity contribution in [3.63, 3.8) is 0 Å². The Morgan fingerprint density at radius 2 is 1.78 bits per heavy atom. The highest BCUT2D eigenvalue weighted by Gasteiger charge is 2.19. The van der Waals surface area contributed by atoms with Crippen molar-refractivity contribution in [2.24, 2.45) is 5.73 Å². The van der Waals surface area contributed by atoms with Crippen LogP contribution >= 0.6 is 15.9 Å². The van der Waals surface area contributed by atoms with Gasteiger partial charge < -0.3 is 21.1 Å². The monoisotopic (exact) mass is 424 g/mol. The van der Waals surface area contributed by atoms with Crippen LogP contribution < -0.4 is 11.5 Å². The average molecular weight is 425 g/mol. The van der Waals surface area contributed by atoms with Crippen LogP contribution in [0.3, 0.4) is 0 Å². The first kappa shape index (κ1) is 17.2. The highest BCUT2D eigenvalue weighted by molar-refractivity contribution is 9.10. The van der Waals surface area contributed by atoms with Crippen LogP contribution in [0.25, 0.3) is 22.6 Å². The minimum Gasteiger partial charge on any atom is -0.492 e. The molecule has 8 heteroatoms. The summed E-state index contributed by atoms with van der Waals surface area (Å²) in [5.74, 6) is 0.424. The van der Waals surface area contributed by atoms with E-state index in [4.69, 9.17) is 11.5 Å². The van der Waals surface area contributed by atoms with Crippen molar-refractivity contribution in [3.05, 3.63) is 76.7 Å². The first-order chi connectivity index (χ1) is 13.1. The van der Waals surface area contributed by atoms with Gasteiger partial charge in [-0.05, 0) is 33.6 Å². The Morgan fingerprint density at radius 1 is 1.07 bits per heavy atom. The molecule has 0 unspecified atom stereocenters. The third-order valence-corrected chi connectivity index (χ3v) is 4.89. The quantitative estimate of drug-likeness (QED) is 0.435. The maximum atomic E-state index is 10.7. The Hall–Kier alpha value is -3.26. The Kier molecular flexibility index (Phi) is 4.33. The van der Waals surface area contributed by atoms with E-state index in [0.29, 0.717) is 16.8 Å². The van der Waals surface area contributed by atoms with Crippen molar-refractivity contribution in [1.29, 1.82) is 0 Å². The van der Waals surface area contributed by atoms with E-state index in [2.05, 4.69) is 26.0 Å². The first-order valence-corrected chi connectivity index (χ1v) is 9.03.